The summed E-state index contributed by atoms with van der Waals surface area (Å²) in [7, 11) is 0. The van der Waals surface area contributed by atoms with Crippen LogP contribution in [0, 0.1) is 18.8 Å². The molecule has 2 N–H and O–H groups in total. The molecule has 1 amide bonds. The highest BCUT2D eigenvalue weighted by molar-refractivity contribution is 5.91. The molecule has 6 heteroatoms. The van der Waals surface area contributed by atoms with Gasteiger partial charge in [-0.3, -0.25) is 9.69 Å². The van der Waals surface area contributed by atoms with Gasteiger partial charge in [0.05, 0.1) is 6.54 Å². The van der Waals surface area contributed by atoms with Crippen LogP contribution in [0.4, 0.5) is 5.82 Å². The van der Waals surface area contributed by atoms with Gasteiger partial charge in [0.1, 0.15) is 5.76 Å². The first-order valence-electron chi connectivity index (χ1n) is 7.35. The van der Waals surface area contributed by atoms with Crippen molar-refractivity contribution in [2.24, 2.45) is 11.8 Å². The molecule has 0 radical (unpaired) electrons. The minimum atomic E-state index is -0.00955. The molecule has 1 aromatic heterocycles. The second kappa shape index (κ2) is 5.54. The van der Waals surface area contributed by atoms with Gasteiger partial charge in [0.2, 0.25) is 5.91 Å². The summed E-state index contributed by atoms with van der Waals surface area (Å²) >= 11 is 0. The van der Waals surface area contributed by atoms with Gasteiger partial charge in [-0.15, -0.1) is 0 Å². The maximum absolute atomic E-state index is 12.1. The molecule has 0 saturated carbocycles. The van der Waals surface area contributed by atoms with E-state index in [-0.39, 0.29) is 5.91 Å². The average Bonchev–Trinajstić information content (AvgIpc) is 3.05. The van der Waals surface area contributed by atoms with Gasteiger partial charge in [0.25, 0.3) is 0 Å². The van der Waals surface area contributed by atoms with Crippen molar-refractivity contribution in [3.8, 4) is 0 Å². The van der Waals surface area contributed by atoms with Crippen LogP contribution in [-0.4, -0.2) is 48.2 Å². The third-order valence-corrected chi connectivity index (χ3v) is 4.48. The van der Waals surface area contributed by atoms with Crippen LogP contribution >= 0.6 is 0 Å². The Hall–Kier alpha value is -1.40. The summed E-state index contributed by atoms with van der Waals surface area (Å²) < 4.78 is 4.95. The number of likely N-dealkylation sites (tertiary alicyclic amines) is 1. The minimum Gasteiger partial charge on any atom is -0.360 e. The van der Waals surface area contributed by atoms with Gasteiger partial charge in [-0.2, -0.15) is 0 Å². The van der Waals surface area contributed by atoms with Gasteiger partial charge in [-0.05, 0) is 38.3 Å². The van der Waals surface area contributed by atoms with E-state index in [0.29, 0.717) is 36.0 Å². The zero-order valence-corrected chi connectivity index (χ0v) is 12.1. The molecule has 2 saturated heterocycles. The van der Waals surface area contributed by atoms with E-state index in [1.807, 2.05) is 6.92 Å². The van der Waals surface area contributed by atoms with E-state index in [4.69, 9.17) is 4.52 Å². The zero-order valence-electron chi connectivity index (χ0n) is 12.1. The number of aryl methyl sites for hydroxylation is 1. The van der Waals surface area contributed by atoms with Gasteiger partial charge in [-0.1, -0.05) is 12.1 Å². The largest absolute Gasteiger partial charge is 0.360 e. The molecular formula is C14H22N4O2. The van der Waals surface area contributed by atoms with Crippen LogP contribution in [-0.2, 0) is 4.79 Å². The summed E-state index contributed by atoms with van der Waals surface area (Å²) in [6, 6.07) is 2.25. The van der Waals surface area contributed by atoms with E-state index in [2.05, 4.69) is 27.6 Å². The molecule has 6 nitrogen and oxygen atoms in total. The summed E-state index contributed by atoms with van der Waals surface area (Å²) in [5, 5.41) is 10.0. The van der Waals surface area contributed by atoms with Crippen LogP contribution in [0.2, 0.25) is 0 Å². The van der Waals surface area contributed by atoms with Crippen molar-refractivity contribution in [2.75, 3.05) is 31.5 Å². The van der Waals surface area contributed by atoms with Crippen molar-refractivity contribution in [3.63, 3.8) is 0 Å². The summed E-state index contributed by atoms with van der Waals surface area (Å²) in [6.07, 6.45) is 1.10. The third kappa shape index (κ3) is 2.58. The van der Waals surface area contributed by atoms with Crippen molar-refractivity contribution >= 4 is 11.7 Å². The number of nitrogens with zero attached hydrogens (tertiary/aromatic N) is 2. The number of aromatic nitrogens is 1. The molecule has 3 heterocycles. The highest BCUT2D eigenvalue weighted by Crippen LogP contribution is 2.33. The van der Waals surface area contributed by atoms with Crippen LogP contribution < -0.4 is 10.6 Å². The molecule has 110 valence electrons. The van der Waals surface area contributed by atoms with E-state index in [9.17, 15) is 4.79 Å². The molecule has 3 atom stereocenters. The number of amides is 1. The number of anilines is 1. The molecule has 3 rings (SSSR count). The number of hydrogen-bond donors (Lipinski definition) is 2. The molecular weight excluding hydrogens is 256 g/mol. The van der Waals surface area contributed by atoms with Crippen molar-refractivity contribution in [1.29, 1.82) is 0 Å². The Morgan fingerprint density at radius 1 is 1.60 bits per heavy atom. The van der Waals surface area contributed by atoms with Crippen molar-refractivity contribution in [3.05, 3.63) is 11.8 Å². The maximum atomic E-state index is 12.1. The average molecular weight is 278 g/mol. The lowest BCUT2D eigenvalue weighted by molar-refractivity contribution is -0.117. The SMILES string of the molecule is CCC1C2CNCC2CN1CC(=O)Nc1cc(C)on1. The van der Waals surface area contributed by atoms with Crippen LogP contribution in [0.5, 0.6) is 0 Å². The van der Waals surface area contributed by atoms with Gasteiger partial charge in [0, 0.05) is 18.7 Å². The van der Waals surface area contributed by atoms with Crippen LogP contribution in [0.3, 0.4) is 0 Å². The van der Waals surface area contributed by atoms with Gasteiger partial charge < -0.3 is 15.2 Å². The Balaban J connectivity index is 1.58. The summed E-state index contributed by atoms with van der Waals surface area (Å²) in [5.41, 5.74) is 0. The Bertz CT molecular complexity index is 487. The second-order valence-corrected chi connectivity index (χ2v) is 5.86. The molecule has 2 aliphatic rings. The molecule has 0 spiro atoms. The first-order valence-corrected chi connectivity index (χ1v) is 7.35. The summed E-state index contributed by atoms with van der Waals surface area (Å²) in [4.78, 5) is 14.4. The standard InChI is InChI=1S/C14H22N4O2/c1-3-12-11-6-15-5-10(11)7-18(12)8-14(19)16-13-4-9(2)20-17-13/h4,10-12,15H,3,5-8H2,1-2H3,(H,16,17,19). The quantitative estimate of drug-likeness (QED) is 0.854. The number of carbonyl (C=O) groups is 1. The summed E-state index contributed by atoms with van der Waals surface area (Å²) in [6.45, 7) is 7.64. The van der Waals surface area contributed by atoms with Gasteiger partial charge in [-0.25, -0.2) is 0 Å². The first-order chi connectivity index (χ1) is 9.67. The molecule has 0 aliphatic carbocycles. The Kier molecular flexibility index (Phi) is 3.76. The van der Waals surface area contributed by atoms with Gasteiger partial charge in [0.15, 0.2) is 5.82 Å². The van der Waals surface area contributed by atoms with Crippen molar-refractivity contribution < 1.29 is 9.32 Å². The number of hydrogen-bond acceptors (Lipinski definition) is 5. The maximum Gasteiger partial charge on any atom is 0.239 e. The fourth-order valence-electron chi connectivity index (χ4n) is 3.65. The highest BCUT2D eigenvalue weighted by Gasteiger charge is 2.43. The Morgan fingerprint density at radius 3 is 3.15 bits per heavy atom. The van der Waals surface area contributed by atoms with E-state index in [0.717, 1.165) is 26.1 Å². The van der Waals surface area contributed by atoms with Crippen LogP contribution in [0.25, 0.3) is 0 Å². The third-order valence-electron chi connectivity index (χ3n) is 4.48. The minimum absolute atomic E-state index is 0.00955. The van der Waals surface area contributed by atoms with Gasteiger partial charge >= 0.3 is 0 Å². The van der Waals surface area contributed by atoms with Crippen LogP contribution in [0.15, 0.2) is 10.6 Å². The lowest BCUT2D eigenvalue weighted by Gasteiger charge is -2.25. The number of fused-ring (bicyclic) bond motifs is 1. The second-order valence-electron chi connectivity index (χ2n) is 5.86. The molecule has 0 aromatic carbocycles. The molecule has 0 bridgehead atoms. The monoisotopic (exact) mass is 278 g/mol. The normalized spacial score (nSPS) is 29.6. The lowest BCUT2D eigenvalue weighted by Crippen LogP contribution is -2.40. The van der Waals surface area contributed by atoms with Crippen molar-refractivity contribution in [2.45, 2.75) is 26.3 Å². The molecule has 2 aliphatic heterocycles. The van der Waals surface area contributed by atoms with E-state index in [1.54, 1.807) is 6.07 Å². The fourth-order valence-corrected chi connectivity index (χ4v) is 3.65. The number of nitrogens with one attached hydrogen (secondary N) is 2. The topological polar surface area (TPSA) is 70.4 Å². The van der Waals surface area contributed by atoms with Crippen molar-refractivity contribution in [1.82, 2.24) is 15.4 Å². The predicted octanol–water partition coefficient (Wildman–Crippen LogP) is 0.851. The Labute approximate surface area is 118 Å². The molecule has 3 unspecified atom stereocenters. The fraction of sp³-hybridized carbons (Fsp3) is 0.714. The molecule has 20 heavy (non-hydrogen) atoms. The van der Waals surface area contributed by atoms with E-state index < -0.39 is 0 Å². The van der Waals surface area contributed by atoms with E-state index >= 15 is 0 Å². The predicted molar refractivity (Wildman–Crippen MR) is 75.4 cm³/mol. The number of rotatable bonds is 4. The Morgan fingerprint density at radius 2 is 2.45 bits per heavy atom. The molecule has 2 fully saturated rings. The lowest BCUT2D eigenvalue weighted by atomic mass is 9.93. The van der Waals surface area contributed by atoms with Crippen LogP contribution in [0.1, 0.15) is 19.1 Å². The number of carbonyl (C=O) groups excluding carboxylic acids is 1. The molecule has 1 aromatic rings. The highest BCUT2D eigenvalue weighted by atomic mass is 16.5. The smallest absolute Gasteiger partial charge is 0.239 e. The first kappa shape index (κ1) is 13.6. The van der Waals surface area contributed by atoms with E-state index in [1.165, 1.54) is 0 Å². The zero-order chi connectivity index (χ0) is 14.1. The summed E-state index contributed by atoms with van der Waals surface area (Å²) in [5.74, 6) is 2.59.